The van der Waals surface area contributed by atoms with E-state index in [-0.39, 0.29) is 22.0 Å². The molecule has 0 saturated carbocycles. The zero-order chi connectivity index (χ0) is 21.1. The van der Waals surface area contributed by atoms with Crippen molar-refractivity contribution in [2.24, 2.45) is 5.73 Å². The first kappa shape index (κ1) is 21.6. The summed E-state index contributed by atoms with van der Waals surface area (Å²) in [7, 11) is -0.394. The summed E-state index contributed by atoms with van der Waals surface area (Å²) in [6, 6.07) is 4.77. The second-order valence-corrected chi connectivity index (χ2v) is 11.0. The van der Waals surface area contributed by atoms with E-state index in [1.54, 1.807) is 0 Å². The fraction of sp³-hybridized carbons (Fsp3) is 0.667. The predicted molar refractivity (Wildman–Crippen MR) is 120 cm³/mol. The third-order valence-electron chi connectivity index (χ3n) is 7.37. The molecule has 1 fully saturated rings. The van der Waals surface area contributed by atoms with Crippen LogP contribution in [0.4, 0.5) is 0 Å². The molecule has 0 atom stereocenters. The van der Waals surface area contributed by atoms with E-state index < -0.39 is 7.12 Å². The van der Waals surface area contributed by atoms with Crippen LogP contribution in [0.1, 0.15) is 90.5 Å². The second kappa shape index (κ2) is 6.72. The maximum atomic E-state index is 6.25. The van der Waals surface area contributed by atoms with E-state index in [4.69, 9.17) is 15.0 Å². The Hall–Kier alpha value is -1.10. The van der Waals surface area contributed by atoms with Gasteiger partial charge in [-0.3, -0.25) is 0 Å². The third kappa shape index (κ3) is 3.60. The number of rotatable bonds is 3. The molecule has 1 heterocycles. The Bertz CT molecular complexity index is 789. The molecule has 154 valence electrons. The van der Waals surface area contributed by atoms with Crippen molar-refractivity contribution in [3.63, 3.8) is 0 Å². The third-order valence-corrected chi connectivity index (χ3v) is 7.37. The van der Waals surface area contributed by atoms with Gasteiger partial charge in [-0.1, -0.05) is 45.9 Å². The molecule has 1 saturated heterocycles. The molecule has 0 radical (unpaired) electrons. The lowest BCUT2D eigenvalue weighted by atomic mass is 9.62. The Morgan fingerprint density at radius 1 is 0.929 bits per heavy atom. The zero-order valence-electron chi connectivity index (χ0n) is 19.3. The molecule has 2 N–H and O–H groups in total. The van der Waals surface area contributed by atoms with Crippen molar-refractivity contribution in [1.82, 2.24) is 0 Å². The van der Waals surface area contributed by atoms with E-state index >= 15 is 0 Å². The van der Waals surface area contributed by atoms with E-state index in [0.29, 0.717) is 6.54 Å². The Morgan fingerprint density at radius 2 is 1.39 bits per heavy atom. The monoisotopic (exact) mass is 383 g/mol. The first-order chi connectivity index (χ1) is 12.7. The van der Waals surface area contributed by atoms with Crippen LogP contribution in [-0.2, 0) is 20.1 Å². The standard InChI is InChI=1S/C24H38BNO2/c1-16-12-19-20(22(4,5)11-10-21(19,2)3)14-17(16)13-18(15-26)25-27-23(6,7)24(8,9)28-25/h12-14H,10-11,15,26H2,1-9H3. The fourth-order valence-electron chi connectivity index (χ4n) is 4.31. The zero-order valence-corrected chi connectivity index (χ0v) is 19.3. The SMILES string of the molecule is Cc1cc2c(cc1C=C(CN)B1OC(C)(C)C(C)(C)O1)C(C)(C)CCC2(C)C. The molecule has 1 aliphatic heterocycles. The summed E-state index contributed by atoms with van der Waals surface area (Å²) in [6.07, 6.45) is 4.62. The maximum absolute atomic E-state index is 6.25. The summed E-state index contributed by atoms with van der Waals surface area (Å²) in [6.45, 7) is 20.4. The van der Waals surface area contributed by atoms with E-state index in [1.165, 1.54) is 35.1 Å². The lowest BCUT2D eigenvalue weighted by Gasteiger charge is -2.42. The molecule has 0 spiro atoms. The van der Waals surface area contributed by atoms with Crippen LogP contribution >= 0.6 is 0 Å². The van der Waals surface area contributed by atoms with Crippen LogP contribution in [0.5, 0.6) is 0 Å². The number of hydrogen-bond donors (Lipinski definition) is 1. The van der Waals surface area contributed by atoms with Gasteiger partial charge >= 0.3 is 7.12 Å². The lowest BCUT2D eigenvalue weighted by Crippen LogP contribution is -2.41. The largest absolute Gasteiger partial charge is 0.491 e. The molecule has 0 aromatic heterocycles. The molecular weight excluding hydrogens is 345 g/mol. The molecule has 3 rings (SSSR count). The molecule has 2 aliphatic rings. The van der Waals surface area contributed by atoms with Gasteiger partial charge in [-0.15, -0.1) is 0 Å². The molecule has 0 amide bonds. The number of hydrogen-bond acceptors (Lipinski definition) is 3. The molecule has 0 unspecified atom stereocenters. The average Bonchev–Trinajstić information content (AvgIpc) is 2.78. The Balaban J connectivity index is 2.04. The van der Waals surface area contributed by atoms with Crippen LogP contribution in [0, 0.1) is 6.92 Å². The molecule has 1 aliphatic carbocycles. The fourth-order valence-corrected chi connectivity index (χ4v) is 4.31. The summed E-state index contributed by atoms with van der Waals surface area (Å²) in [5.74, 6) is 0. The van der Waals surface area contributed by atoms with E-state index in [2.05, 4.69) is 80.5 Å². The van der Waals surface area contributed by atoms with Crippen molar-refractivity contribution < 1.29 is 9.31 Å². The molecule has 4 heteroatoms. The Labute approximate surface area is 172 Å². The first-order valence-corrected chi connectivity index (χ1v) is 10.6. The predicted octanol–water partition coefficient (Wildman–Crippen LogP) is 5.32. The van der Waals surface area contributed by atoms with Crippen LogP contribution in [-0.4, -0.2) is 24.9 Å². The van der Waals surface area contributed by atoms with Gasteiger partial charge in [0.2, 0.25) is 0 Å². The van der Waals surface area contributed by atoms with Crippen molar-refractivity contribution in [2.45, 2.75) is 97.2 Å². The van der Waals surface area contributed by atoms with Gasteiger partial charge in [0.1, 0.15) is 0 Å². The number of benzene rings is 1. The second-order valence-electron chi connectivity index (χ2n) is 11.0. The highest BCUT2D eigenvalue weighted by Crippen LogP contribution is 2.47. The highest BCUT2D eigenvalue weighted by atomic mass is 16.7. The smallest absolute Gasteiger partial charge is 0.400 e. The summed E-state index contributed by atoms with van der Waals surface area (Å²) >= 11 is 0. The normalized spacial score (nSPS) is 24.9. The van der Waals surface area contributed by atoms with Crippen molar-refractivity contribution in [3.8, 4) is 0 Å². The highest BCUT2D eigenvalue weighted by molar-refractivity contribution is 6.55. The highest BCUT2D eigenvalue weighted by Gasteiger charge is 2.52. The summed E-state index contributed by atoms with van der Waals surface area (Å²) in [5, 5.41) is 0. The average molecular weight is 383 g/mol. The van der Waals surface area contributed by atoms with Crippen LogP contribution < -0.4 is 5.73 Å². The van der Waals surface area contributed by atoms with Gasteiger partial charge in [0.25, 0.3) is 0 Å². The summed E-state index contributed by atoms with van der Waals surface area (Å²) < 4.78 is 12.5. The lowest BCUT2D eigenvalue weighted by molar-refractivity contribution is 0.00578. The minimum atomic E-state index is -0.394. The van der Waals surface area contributed by atoms with Crippen molar-refractivity contribution >= 4 is 13.2 Å². The van der Waals surface area contributed by atoms with Crippen molar-refractivity contribution in [1.29, 1.82) is 0 Å². The number of fused-ring (bicyclic) bond motifs is 1. The molecule has 1 aromatic rings. The van der Waals surface area contributed by atoms with E-state index in [0.717, 1.165) is 5.47 Å². The van der Waals surface area contributed by atoms with Crippen LogP contribution in [0.2, 0.25) is 0 Å². The van der Waals surface area contributed by atoms with Crippen molar-refractivity contribution in [2.75, 3.05) is 6.54 Å². The molecule has 1 aromatic carbocycles. The first-order valence-electron chi connectivity index (χ1n) is 10.6. The quantitative estimate of drug-likeness (QED) is 0.719. The molecule has 3 nitrogen and oxygen atoms in total. The van der Waals surface area contributed by atoms with Crippen LogP contribution in [0.3, 0.4) is 0 Å². The maximum Gasteiger partial charge on any atom is 0.491 e. The van der Waals surface area contributed by atoms with Crippen LogP contribution in [0.25, 0.3) is 6.08 Å². The van der Waals surface area contributed by atoms with Gasteiger partial charge in [-0.2, -0.15) is 0 Å². The van der Waals surface area contributed by atoms with Crippen molar-refractivity contribution in [3.05, 3.63) is 39.9 Å². The minimum absolute atomic E-state index is 0.189. The Morgan fingerprint density at radius 3 is 1.86 bits per heavy atom. The summed E-state index contributed by atoms with van der Waals surface area (Å²) in [5.41, 5.74) is 12.3. The topological polar surface area (TPSA) is 44.5 Å². The van der Waals surface area contributed by atoms with Gasteiger partial charge in [-0.05, 0) is 86.0 Å². The molecular formula is C24H38BNO2. The van der Waals surface area contributed by atoms with Gasteiger partial charge < -0.3 is 15.0 Å². The van der Waals surface area contributed by atoms with E-state index in [9.17, 15) is 0 Å². The van der Waals surface area contributed by atoms with Gasteiger partial charge in [0.15, 0.2) is 0 Å². The number of nitrogens with two attached hydrogens (primary N) is 1. The number of aryl methyl sites for hydroxylation is 1. The van der Waals surface area contributed by atoms with Gasteiger partial charge in [0, 0.05) is 6.54 Å². The molecule has 28 heavy (non-hydrogen) atoms. The Kier molecular flexibility index (Phi) is 5.18. The van der Waals surface area contributed by atoms with E-state index in [1.807, 2.05) is 0 Å². The summed E-state index contributed by atoms with van der Waals surface area (Å²) in [4.78, 5) is 0. The molecule has 0 bridgehead atoms. The van der Waals surface area contributed by atoms with Gasteiger partial charge in [-0.25, -0.2) is 0 Å². The minimum Gasteiger partial charge on any atom is -0.400 e. The van der Waals surface area contributed by atoms with Crippen LogP contribution in [0.15, 0.2) is 17.6 Å². The van der Waals surface area contributed by atoms with Gasteiger partial charge in [0.05, 0.1) is 11.2 Å².